The van der Waals surface area contributed by atoms with Crippen molar-refractivity contribution in [2.24, 2.45) is 11.8 Å². The Morgan fingerprint density at radius 2 is 2.07 bits per heavy atom. The number of hydrogen-bond donors (Lipinski definition) is 1. The summed E-state index contributed by atoms with van der Waals surface area (Å²) < 4.78 is 0. The number of fused-ring (bicyclic) bond motifs is 1. The number of benzene rings is 1. The maximum atomic E-state index is 11.7. The first-order chi connectivity index (χ1) is 6.68. The van der Waals surface area contributed by atoms with Crippen molar-refractivity contribution < 1.29 is 4.79 Å². The molecule has 1 N–H and O–H groups in total. The standard InChI is InChI=1S/C12H15NO/c1-8(2)10-7-9-5-3-4-6-11(9)13-12(10)14/h3-6,8,10H,7H2,1-2H3,(H,13,14). The number of amides is 1. The number of para-hydroxylation sites is 1. The molecular formula is C12H15NO. The molecule has 2 heteroatoms. The zero-order valence-corrected chi connectivity index (χ0v) is 8.58. The average molecular weight is 189 g/mol. The fraction of sp³-hybridized carbons (Fsp3) is 0.417. The van der Waals surface area contributed by atoms with Crippen molar-refractivity contribution in [3.05, 3.63) is 29.8 Å². The minimum atomic E-state index is 0.130. The first-order valence-corrected chi connectivity index (χ1v) is 5.07. The van der Waals surface area contributed by atoms with Crippen LogP contribution in [0.4, 0.5) is 5.69 Å². The number of hydrogen-bond acceptors (Lipinski definition) is 1. The third kappa shape index (κ3) is 1.52. The van der Waals surface area contributed by atoms with E-state index in [-0.39, 0.29) is 11.8 Å². The van der Waals surface area contributed by atoms with Crippen molar-refractivity contribution in [2.45, 2.75) is 20.3 Å². The Labute approximate surface area is 84.3 Å². The molecule has 1 aliphatic heterocycles. The highest BCUT2D eigenvalue weighted by atomic mass is 16.1. The van der Waals surface area contributed by atoms with Gasteiger partial charge in [-0.3, -0.25) is 4.79 Å². The van der Waals surface area contributed by atoms with E-state index in [4.69, 9.17) is 0 Å². The summed E-state index contributed by atoms with van der Waals surface area (Å²) in [6.45, 7) is 4.19. The minimum absolute atomic E-state index is 0.130. The van der Waals surface area contributed by atoms with Crippen LogP contribution in [0.25, 0.3) is 0 Å². The fourth-order valence-corrected chi connectivity index (χ4v) is 1.91. The van der Waals surface area contributed by atoms with Crippen LogP contribution in [0.5, 0.6) is 0 Å². The van der Waals surface area contributed by atoms with Gasteiger partial charge in [-0.15, -0.1) is 0 Å². The molecule has 0 aliphatic carbocycles. The highest BCUT2D eigenvalue weighted by Gasteiger charge is 2.27. The van der Waals surface area contributed by atoms with Crippen LogP contribution in [-0.4, -0.2) is 5.91 Å². The average Bonchev–Trinajstić information content (AvgIpc) is 2.16. The van der Waals surface area contributed by atoms with E-state index in [1.165, 1.54) is 5.56 Å². The van der Waals surface area contributed by atoms with E-state index < -0.39 is 0 Å². The van der Waals surface area contributed by atoms with Crippen LogP contribution in [0.2, 0.25) is 0 Å². The number of carbonyl (C=O) groups excluding carboxylic acids is 1. The minimum Gasteiger partial charge on any atom is -0.326 e. The zero-order chi connectivity index (χ0) is 10.1. The second-order valence-corrected chi connectivity index (χ2v) is 4.20. The van der Waals surface area contributed by atoms with Crippen LogP contribution < -0.4 is 5.32 Å². The molecule has 0 radical (unpaired) electrons. The number of nitrogens with one attached hydrogen (secondary N) is 1. The summed E-state index contributed by atoms with van der Waals surface area (Å²) in [7, 11) is 0. The molecule has 1 atom stereocenters. The highest BCUT2D eigenvalue weighted by molar-refractivity contribution is 5.95. The summed E-state index contributed by atoms with van der Waals surface area (Å²) in [6, 6.07) is 8.02. The summed E-state index contributed by atoms with van der Waals surface area (Å²) in [5.41, 5.74) is 2.24. The second kappa shape index (κ2) is 3.45. The molecule has 0 spiro atoms. The fourth-order valence-electron chi connectivity index (χ4n) is 1.91. The molecule has 0 bridgehead atoms. The van der Waals surface area contributed by atoms with Crippen molar-refractivity contribution in [1.29, 1.82) is 0 Å². The predicted octanol–water partition coefficient (Wildman–Crippen LogP) is 2.45. The molecule has 1 amide bonds. The van der Waals surface area contributed by atoms with Gasteiger partial charge in [-0.05, 0) is 24.0 Å². The van der Waals surface area contributed by atoms with Crippen LogP contribution in [0.15, 0.2) is 24.3 Å². The molecule has 1 unspecified atom stereocenters. The first kappa shape index (κ1) is 9.25. The van der Waals surface area contributed by atoms with Gasteiger partial charge in [0.25, 0.3) is 0 Å². The first-order valence-electron chi connectivity index (χ1n) is 5.07. The van der Waals surface area contributed by atoms with Crippen molar-refractivity contribution in [3.8, 4) is 0 Å². The summed E-state index contributed by atoms with van der Waals surface area (Å²) in [6.07, 6.45) is 0.875. The number of carbonyl (C=O) groups is 1. The lowest BCUT2D eigenvalue weighted by atomic mass is 9.85. The molecule has 2 nitrogen and oxygen atoms in total. The lowest BCUT2D eigenvalue weighted by Crippen LogP contribution is -2.33. The zero-order valence-electron chi connectivity index (χ0n) is 8.58. The van der Waals surface area contributed by atoms with E-state index in [1.54, 1.807) is 0 Å². The van der Waals surface area contributed by atoms with E-state index >= 15 is 0 Å². The van der Waals surface area contributed by atoms with Gasteiger partial charge in [-0.25, -0.2) is 0 Å². The SMILES string of the molecule is CC(C)C1Cc2ccccc2NC1=O. The molecular weight excluding hydrogens is 174 g/mol. The van der Waals surface area contributed by atoms with Gasteiger partial charge in [0, 0.05) is 11.6 Å². The van der Waals surface area contributed by atoms with Crippen LogP contribution in [0.1, 0.15) is 19.4 Å². The van der Waals surface area contributed by atoms with Gasteiger partial charge in [0.15, 0.2) is 0 Å². The smallest absolute Gasteiger partial charge is 0.228 e. The van der Waals surface area contributed by atoms with Gasteiger partial charge in [0.05, 0.1) is 0 Å². The summed E-state index contributed by atoms with van der Waals surface area (Å²) in [5.74, 6) is 0.701. The summed E-state index contributed by atoms with van der Waals surface area (Å²) >= 11 is 0. The van der Waals surface area contributed by atoms with Crippen molar-refractivity contribution in [3.63, 3.8) is 0 Å². The quantitative estimate of drug-likeness (QED) is 0.722. The lowest BCUT2D eigenvalue weighted by Gasteiger charge is -2.26. The van der Waals surface area contributed by atoms with Crippen LogP contribution in [-0.2, 0) is 11.2 Å². The molecule has 0 saturated carbocycles. The third-order valence-electron chi connectivity index (χ3n) is 2.86. The van der Waals surface area contributed by atoms with Crippen LogP contribution in [0, 0.1) is 11.8 Å². The molecule has 0 fully saturated rings. The number of rotatable bonds is 1. The topological polar surface area (TPSA) is 29.1 Å². The van der Waals surface area contributed by atoms with Crippen LogP contribution >= 0.6 is 0 Å². The second-order valence-electron chi connectivity index (χ2n) is 4.20. The Kier molecular flexibility index (Phi) is 2.28. The van der Waals surface area contributed by atoms with E-state index in [2.05, 4.69) is 25.2 Å². The Morgan fingerprint density at radius 1 is 1.36 bits per heavy atom. The Hall–Kier alpha value is -1.31. The Balaban J connectivity index is 2.31. The third-order valence-corrected chi connectivity index (χ3v) is 2.86. The van der Waals surface area contributed by atoms with E-state index in [9.17, 15) is 4.79 Å². The van der Waals surface area contributed by atoms with Gasteiger partial charge in [0.1, 0.15) is 0 Å². The molecule has 0 saturated heterocycles. The molecule has 1 heterocycles. The van der Waals surface area contributed by atoms with Crippen molar-refractivity contribution >= 4 is 11.6 Å². The normalized spacial score (nSPS) is 20.5. The Morgan fingerprint density at radius 3 is 2.79 bits per heavy atom. The van der Waals surface area contributed by atoms with Crippen molar-refractivity contribution in [2.75, 3.05) is 5.32 Å². The van der Waals surface area contributed by atoms with Gasteiger partial charge in [-0.1, -0.05) is 32.0 Å². The van der Waals surface area contributed by atoms with Gasteiger partial charge in [-0.2, -0.15) is 0 Å². The van der Waals surface area contributed by atoms with Crippen LogP contribution in [0.3, 0.4) is 0 Å². The Bertz CT molecular complexity index is 357. The molecule has 0 aromatic heterocycles. The van der Waals surface area contributed by atoms with Gasteiger partial charge in [0.2, 0.25) is 5.91 Å². The summed E-state index contributed by atoms with van der Waals surface area (Å²) in [5, 5.41) is 2.95. The monoisotopic (exact) mass is 189 g/mol. The largest absolute Gasteiger partial charge is 0.326 e. The highest BCUT2D eigenvalue weighted by Crippen LogP contribution is 2.28. The van der Waals surface area contributed by atoms with Gasteiger partial charge < -0.3 is 5.32 Å². The number of anilines is 1. The molecule has 14 heavy (non-hydrogen) atoms. The maximum absolute atomic E-state index is 11.7. The van der Waals surface area contributed by atoms with E-state index in [0.717, 1.165) is 12.1 Å². The molecule has 1 aromatic rings. The summed E-state index contributed by atoms with van der Waals surface area (Å²) in [4.78, 5) is 11.7. The maximum Gasteiger partial charge on any atom is 0.228 e. The van der Waals surface area contributed by atoms with E-state index in [1.807, 2.05) is 18.2 Å². The molecule has 2 rings (SSSR count). The molecule has 1 aromatic carbocycles. The van der Waals surface area contributed by atoms with Crippen molar-refractivity contribution in [1.82, 2.24) is 0 Å². The van der Waals surface area contributed by atoms with Gasteiger partial charge >= 0.3 is 0 Å². The lowest BCUT2D eigenvalue weighted by molar-refractivity contribution is -0.121. The molecule has 1 aliphatic rings. The van der Waals surface area contributed by atoms with E-state index in [0.29, 0.717) is 5.92 Å². The molecule has 74 valence electrons. The predicted molar refractivity (Wildman–Crippen MR) is 57.1 cm³/mol.